The number of unbranched alkanes of at least 4 members (excludes halogenated alkanes) is 10. The van der Waals surface area contributed by atoms with Gasteiger partial charge in [0.1, 0.15) is 0 Å². The van der Waals surface area contributed by atoms with Crippen molar-refractivity contribution in [1.82, 2.24) is 0 Å². The molecule has 0 aliphatic heterocycles. The maximum atomic E-state index is 2.58. The summed E-state index contributed by atoms with van der Waals surface area (Å²) in [6.45, 7) is 4.62. The van der Waals surface area contributed by atoms with Gasteiger partial charge in [-0.15, -0.1) is 0 Å². The molecule has 192 valence electrons. The molecular weight excluding hydrogens is 408 g/mol. The molecule has 0 amide bonds. The van der Waals surface area contributed by atoms with E-state index < -0.39 is 0 Å². The van der Waals surface area contributed by atoms with Gasteiger partial charge in [0.2, 0.25) is 0 Å². The molecule has 2 aliphatic rings. The van der Waals surface area contributed by atoms with E-state index in [-0.39, 0.29) is 0 Å². The van der Waals surface area contributed by atoms with E-state index in [0.29, 0.717) is 0 Å². The van der Waals surface area contributed by atoms with Crippen molar-refractivity contribution in [1.29, 1.82) is 0 Å². The zero-order valence-electron chi connectivity index (χ0n) is 23.0. The maximum Gasteiger partial charge on any atom is -0.0162 e. The molecule has 0 bridgehead atoms. The van der Waals surface area contributed by atoms with Gasteiger partial charge in [0.15, 0.2) is 0 Å². The van der Waals surface area contributed by atoms with Crippen LogP contribution in [0.15, 0.2) is 30.3 Å². The summed E-state index contributed by atoms with van der Waals surface area (Å²) in [6, 6.07) is 9.82. The fraction of sp³-hybridized carbons (Fsp3) is 0.765. The Morgan fingerprint density at radius 1 is 0.588 bits per heavy atom. The molecule has 0 radical (unpaired) electrons. The lowest BCUT2D eigenvalue weighted by atomic mass is 9.76. The van der Waals surface area contributed by atoms with E-state index in [1.807, 2.05) is 0 Å². The Bertz CT molecular complexity index is 658. The number of hydrogen-bond donors (Lipinski definition) is 0. The van der Waals surface area contributed by atoms with Gasteiger partial charge in [-0.05, 0) is 79.4 Å². The topological polar surface area (TPSA) is 0 Å². The SMILES string of the molecule is CCCCCCCCC1CC=C(c2ccc([C@H]3CC[C@H](CCCCCCCC)CC3)cc2)CC1. The van der Waals surface area contributed by atoms with Crippen molar-refractivity contribution in [3.8, 4) is 0 Å². The van der Waals surface area contributed by atoms with E-state index in [1.165, 1.54) is 140 Å². The van der Waals surface area contributed by atoms with Crippen molar-refractivity contribution in [2.75, 3.05) is 0 Å². The van der Waals surface area contributed by atoms with Crippen LogP contribution in [0.1, 0.15) is 166 Å². The van der Waals surface area contributed by atoms with Crippen molar-refractivity contribution >= 4 is 5.57 Å². The van der Waals surface area contributed by atoms with E-state index in [9.17, 15) is 0 Å². The predicted octanol–water partition coefficient (Wildman–Crippen LogP) is 11.6. The molecule has 3 rings (SSSR count). The summed E-state index contributed by atoms with van der Waals surface area (Å²) in [5, 5.41) is 0. The molecule has 0 heteroatoms. The summed E-state index contributed by atoms with van der Waals surface area (Å²) < 4.78 is 0. The van der Waals surface area contributed by atoms with Crippen LogP contribution in [0.2, 0.25) is 0 Å². The Balaban J connectivity index is 1.33. The van der Waals surface area contributed by atoms with Crippen molar-refractivity contribution in [3.63, 3.8) is 0 Å². The maximum absolute atomic E-state index is 2.58. The van der Waals surface area contributed by atoms with Crippen molar-refractivity contribution < 1.29 is 0 Å². The lowest BCUT2D eigenvalue weighted by Crippen LogP contribution is -2.13. The van der Waals surface area contributed by atoms with E-state index in [4.69, 9.17) is 0 Å². The number of rotatable bonds is 16. The average molecular weight is 465 g/mol. The third-order valence-electron chi connectivity index (χ3n) is 9.05. The lowest BCUT2D eigenvalue weighted by Gasteiger charge is -2.29. The van der Waals surface area contributed by atoms with Crippen LogP contribution in [0.5, 0.6) is 0 Å². The minimum atomic E-state index is 0.817. The summed E-state index contributed by atoms with van der Waals surface area (Å²) in [5.41, 5.74) is 4.73. The zero-order chi connectivity index (χ0) is 23.8. The van der Waals surface area contributed by atoms with E-state index in [2.05, 4.69) is 44.2 Å². The van der Waals surface area contributed by atoms with Crippen LogP contribution >= 0.6 is 0 Å². The Kier molecular flexibility index (Phi) is 13.4. The highest BCUT2D eigenvalue weighted by Gasteiger charge is 2.22. The quantitative estimate of drug-likeness (QED) is 0.213. The van der Waals surface area contributed by atoms with Gasteiger partial charge >= 0.3 is 0 Å². The molecular formula is C34H56. The van der Waals surface area contributed by atoms with Gasteiger partial charge in [0.25, 0.3) is 0 Å². The Labute approximate surface area is 213 Å². The molecule has 2 aliphatic carbocycles. The molecule has 1 unspecified atom stereocenters. The third-order valence-corrected chi connectivity index (χ3v) is 9.05. The summed E-state index contributed by atoms with van der Waals surface area (Å²) in [4.78, 5) is 0. The van der Waals surface area contributed by atoms with Crippen LogP contribution in [0.3, 0.4) is 0 Å². The highest BCUT2D eigenvalue weighted by atomic mass is 14.3. The minimum Gasteiger partial charge on any atom is -0.0804 e. The fourth-order valence-electron chi connectivity index (χ4n) is 6.59. The molecule has 0 aromatic heterocycles. The first-order valence-corrected chi connectivity index (χ1v) is 15.6. The smallest absolute Gasteiger partial charge is 0.0162 e. The van der Waals surface area contributed by atoms with Crippen LogP contribution in [-0.2, 0) is 0 Å². The molecule has 1 atom stereocenters. The standard InChI is InChI=1S/C34H56/c1-3-5-7-9-11-13-15-29-17-21-31(22-18-29)33-25-27-34(28-26-33)32-23-19-30(20-24-32)16-14-12-10-8-6-4-2/h21,25-30,32H,3-20,22-24H2,1-2H3/t29?,30-,32-. The predicted molar refractivity (Wildman–Crippen MR) is 152 cm³/mol. The van der Waals surface area contributed by atoms with E-state index >= 15 is 0 Å². The van der Waals surface area contributed by atoms with Crippen LogP contribution in [-0.4, -0.2) is 0 Å². The molecule has 1 saturated carbocycles. The second-order valence-corrected chi connectivity index (χ2v) is 11.8. The first kappa shape index (κ1) is 27.5. The second kappa shape index (κ2) is 16.6. The van der Waals surface area contributed by atoms with Crippen LogP contribution in [0, 0.1) is 11.8 Å². The van der Waals surface area contributed by atoms with Crippen LogP contribution < -0.4 is 0 Å². The molecule has 0 saturated heterocycles. The van der Waals surface area contributed by atoms with Crippen molar-refractivity contribution in [2.45, 2.75) is 155 Å². The average Bonchev–Trinajstić information content (AvgIpc) is 2.89. The van der Waals surface area contributed by atoms with Gasteiger partial charge in [-0.2, -0.15) is 0 Å². The normalized spacial score (nSPS) is 23.1. The summed E-state index contributed by atoms with van der Waals surface area (Å²) in [6.07, 6.45) is 32.6. The second-order valence-electron chi connectivity index (χ2n) is 11.8. The highest BCUT2D eigenvalue weighted by molar-refractivity contribution is 5.66. The lowest BCUT2D eigenvalue weighted by molar-refractivity contribution is 0.302. The third kappa shape index (κ3) is 9.91. The first-order chi connectivity index (χ1) is 16.8. The molecule has 0 heterocycles. The molecule has 34 heavy (non-hydrogen) atoms. The summed E-state index contributed by atoms with van der Waals surface area (Å²) in [7, 11) is 0. The van der Waals surface area contributed by atoms with Crippen molar-refractivity contribution in [3.05, 3.63) is 41.5 Å². The fourth-order valence-corrected chi connectivity index (χ4v) is 6.59. The van der Waals surface area contributed by atoms with E-state index in [0.717, 1.165) is 17.8 Å². The van der Waals surface area contributed by atoms with Gasteiger partial charge in [-0.25, -0.2) is 0 Å². The summed E-state index contributed by atoms with van der Waals surface area (Å²) in [5.74, 6) is 2.77. The zero-order valence-corrected chi connectivity index (χ0v) is 23.0. The minimum absolute atomic E-state index is 0.817. The monoisotopic (exact) mass is 464 g/mol. The van der Waals surface area contributed by atoms with E-state index in [1.54, 1.807) is 11.1 Å². The van der Waals surface area contributed by atoms with Gasteiger partial charge in [-0.1, -0.05) is 134 Å². The van der Waals surface area contributed by atoms with Crippen molar-refractivity contribution in [2.24, 2.45) is 11.8 Å². The summed E-state index contributed by atoms with van der Waals surface area (Å²) >= 11 is 0. The molecule has 1 aromatic carbocycles. The number of hydrogen-bond acceptors (Lipinski definition) is 0. The van der Waals surface area contributed by atoms with Gasteiger partial charge < -0.3 is 0 Å². The molecule has 1 aromatic rings. The molecule has 1 fully saturated rings. The highest BCUT2D eigenvalue weighted by Crippen LogP contribution is 2.39. The molecule has 0 nitrogen and oxygen atoms in total. The Morgan fingerprint density at radius 3 is 1.71 bits per heavy atom. The Hall–Kier alpha value is -1.04. The molecule has 0 N–H and O–H groups in total. The largest absolute Gasteiger partial charge is 0.0804 e. The van der Waals surface area contributed by atoms with Crippen LogP contribution in [0.25, 0.3) is 5.57 Å². The first-order valence-electron chi connectivity index (χ1n) is 15.6. The number of allylic oxidation sites excluding steroid dienone is 2. The van der Waals surface area contributed by atoms with Gasteiger partial charge in [0, 0.05) is 0 Å². The Morgan fingerprint density at radius 2 is 1.15 bits per heavy atom. The molecule has 0 spiro atoms. The van der Waals surface area contributed by atoms with Crippen LogP contribution in [0.4, 0.5) is 0 Å². The van der Waals surface area contributed by atoms with Gasteiger partial charge in [0.05, 0.1) is 0 Å². The van der Waals surface area contributed by atoms with Gasteiger partial charge in [-0.3, -0.25) is 0 Å². The number of benzene rings is 1.